The second-order valence-electron chi connectivity index (χ2n) is 5.76. The molecule has 0 bridgehead atoms. The molecule has 0 aromatic carbocycles. The third-order valence-corrected chi connectivity index (χ3v) is 4.34. The summed E-state index contributed by atoms with van der Waals surface area (Å²) in [6.07, 6.45) is 5.54. The fourth-order valence-corrected chi connectivity index (χ4v) is 3.29. The Balaban J connectivity index is 1.65. The minimum atomic E-state index is 0.251. The highest BCUT2D eigenvalue weighted by Crippen LogP contribution is 2.27. The first-order valence-corrected chi connectivity index (χ1v) is 7.02. The van der Waals surface area contributed by atoms with E-state index in [9.17, 15) is 4.79 Å². The van der Waals surface area contributed by atoms with Gasteiger partial charge < -0.3 is 14.5 Å². The van der Waals surface area contributed by atoms with Gasteiger partial charge in [0.2, 0.25) is 5.91 Å². The van der Waals surface area contributed by atoms with E-state index >= 15 is 0 Å². The molecule has 4 nitrogen and oxygen atoms in total. The van der Waals surface area contributed by atoms with Crippen molar-refractivity contribution in [3.63, 3.8) is 0 Å². The number of fused-ring (bicyclic) bond motifs is 1. The Kier molecular flexibility index (Phi) is 3.39. The van der Waals surface area contributed by atoms with Crippen molar-refractivity contribution in [3.8, 4) is 0 Å². The number of hydrogen-bond acceptors (Lipinski definition) is 3. The van der Waals surface area contributed by atoms with Gasteiger partial charge in [0.05, 0.1) is 12.7 Å². The number of ether oxygens (including phenoxy) is 1. The van der Waals surface area contributed by atoms with Crippen LogP contribution >= 0.6 is 0 Å². The summed E-state index contributed by atoms with van der Waals surface area (Å²) in [6.45, 7) is 4.50. The Morgan fingerprint density at radius 2 is 2.28 bits per heavy atom. The smallest absolute Gasteiger partial charge is 0.249 e. The Bertz CT molecular complexity index is 367. The lowest BCUT2D eigenvalue weighted by molar-refractivity contribution is -0.126. The number of carbonyl (C=O) groups is 1. The fourth-order valence-electron chi connectivity index (χ4n) is 3.29. The van der Waals surface area contributed by atoms with E-state index in [1.807, 2.05) is 4.90 Å². The maximum absolute atomic E-state index is 12.3. The van der Waals surface area contributed by atoms with Crippen LogP contribution in [-0.4, -0.2) is 61.6 Å². The van der Waals surface area contributed by atoms with Gasteiger partial charge in [0.15, 0.2) is 0 Å². The molecule has 2 heterocycles. The van der Waals surface area contributed by atoms with Crippen LogP contribution in [0.3, 0.4) is 0 Å². The van der Waals surface area contributed by atoms with Crippen LogP contribution in [0.4, 0.5) is 0 Å². The molecule has 1 amide bonds. The molecule has 0 aromatic heterocycles. The monoisotopic (exact) mass is 250 g/mol. The summed E-state index contributed by atoms with van der Waals surface area (Å²) in [4.78, 5) is 16.7. The number of rotatable bonds is 1. The number of likely N-dealkylation sites (N-methyl/N-ethyl adjacent to an activating group) is 1. The Hall–Kier alpha value is -0.870. The summed E-state index contributed by atoms with van der Waals surface area (Å²) in [5.41, 5.74) is 1.03. The van der Waals surface area contributed by atoms with Crippen LogP contribution in [0, 0.1) is 5.92 Å². The first-order valence-electron chi connectivity index (χ1n) is 7.02. The number of carbonyl (C=O) groups excluding carboxylic acids is 1. The second kappa shape index (κ2) is 5.02. The summed E-state index contributed by atoms with van der Waals surface area (Å²) >= 11 is 0. The van der Waals surface area contributed by atoms with E-state index in [1.165, 1.54) is 0 Å². The predicted molar refractivity (Wildman–Crippen MR) is 69.2 cm³/mol. The quantitative estimate of drug-likeness (QED) is 0.693. The Morgan fingerprint density at radius 3 is 3.06 bits per heavy atom. The minimum absolute atomic E-state index is 0.251. The molecule has 0 saturated carbocycles. The van der Waals surface area contributed by atoms with E-state index in [-0.39, 0.29) is 12.0 Å². The number of allylic oxidation sites excluding steroid dienone is 1. The van der Waals surface area contributed by atoms with E-state index in [0.29, 0.717) is 5.92 Å². The van der Waals surface area contributed by atoms with Gasteiger partial charge in [-0.2, -0.15) is 0 Å². The SMILES string of the molecule is CN1CCO[C@@H]2CN(C(=O)C3=CCCC3)C[C@@H]2C1. The van der Waals surface area contributed by atoms with Crippen molar-refractivity contribution in [1.29, 1.82) is 0 Å². The topological polar surface area (TPSA) is 32.8 Å². The molecule has 2 atom stereocenters. The van der Waals surface area contributed by atoms with Crippen molar-refractivity contribution in [2.24, 2.45) is 5.92 Å². The average Bonchev–Trinajstić information content (AvgIpc) is 2.96. The largest absolute Gasteiger partial charge is 0.375 e. The van der Waals surface area contributed by atoms with Crippen molar-refractivity contribution in [3.05, 3.63) is 11.6 Å². The highest BCUT2D eigenvalue weighted by Gasteiger charge is 2.38. The molecule has 0 spiro atoms. The number of amides is 1. The standard InChI is InChI=1S/C14H22N2O2/c1-15-6-7-18-13-10-16(9-12(13)8-15)14(17)11-4-2-3-5-11/h4,12-13H,2-3,5-10H2,1H3/t12-,13+/m0/s1. The summed E-state index contributed by atoms with van der Waals surface area (Å²) < 4.78 is 5.89. The molecule has 0 aromatic rings. The van der Waals surface area contributed by atoms with Crippen LogP contribution in [0.5, 0.6) is 0 Å². The number of likely N-dealkylation sites (tertiary alicyclic amines) is 1. The molecule has 2 fully saturated rings. The van der Waals surface area contributed by atoms with E-state index < -0.39 is 0 Å². The number of nitrogens with zero attached hydrogens (tertiary/aromatic N) is 2. The van der Waals surface area contributed by atoms with Crippen molar-refractivity contribution in [2.75, 3.05) is 39.8 Å². The van der Waals surface area contributed by atoms with E-state index in [4.69, 9.17) is 4.74 Å². The lowest BCUT2D eigenvalue weighted by Gasteiger charge is -2.19. The van der Waals surface area contributed by atoms with Gasteiger partial charge in [0.25, 0.3) is 0 Å². The van der Waals surface area contributed by atoms with Crippen LogP contribution in [0.15, 0.2) is 11.6 Å². The molecule has 3 rings (SSSR count). The molecular weight excluding hydrogens is 228 g/mol. The Labute approximate surface area is 109 Å². The van der Waals surface area contributed by atoms with Gasteiger partial charge in [-0.3, -0.25) is 4.79 Å². The van der Waals surface area contributed by atoms with Crippen molar-refractivity contribution >= 4 is 5.91 Å². The molecule has 0 radical (unpaired) electrons. The van der Waals surface area contributed by atoms with Crippen LogP contribution in [0.25, 0.3) is 0 Å². The molecule has 2 saturated heterocycles. The molecule has 4 heteroatoms. The Morgan fingerprint density at radius 1 is 1.39 bits per heavy atom. The zero-order valence-corrected chi connectivity index (χ0v) is 11.1. The third-order valence-electron chi connectivity index (χ3n) is 4.34. The predicted octanol–water partition coefficient (Wildman–Crippen LogP) is 0.886. The average molecular weight is 250 g/mol. The van der Waals surface area contributed by atoms with Gasteiger partial charge in [-0.1, -0.05) is 6.08 Å². The van der Waals surface area contributed by atoms with E-state index in [1.54, 1.807) is 0 Å². The summed E-state index contributed by atoms with van der Waals surface area (Å²) in [5, 5.41) is 0. The van der Waals surface area contributed by atoms with Crippen LogP contribution in [0.1, 0.15) is 19.3 Å². The van der Waals surface area contributed by atoms with Gasteiger partial charge in [-0.15, -0.1) is 0 Å². The first-order chi connectivity index (χ1) is 8.74. The van der Waals surface area contributed by atoms with E-state index in [0.717, 1.165) is 57.6 Å². The summed E-state index contributed by atoms with van der Waals surface area (Å²) in [6, 6.07) is 0. The first kappa shape index (κ1) is 12.2. The zero-order chi connectivity index (χ0) is 12.5. The lowest BCUT2D eigenvalue weighted by Crippen LogP contribution is -2.32. The van der Waals surface area contributed by atoms with Crippen LogP contribution < -0.4 is 0 Å². The summed E-state index contributed by atoms with van der Waals surface area (Å²) in [7, 11) is 2.13. The zero-order valence-electron chi connectivity index (χ0n) is 11.1. The maximum Gasteiger partial charge on any atom is 0.249 e. The summed E-state index contributed by atoms with van der Waals surface area (Å²) in [5.74, 6) is 0.746. The molecule has 0 unspecified atom stereocenters. The molecule has 2 aliphatic heterocycles. The van der Waals surface area contributed by atoms with Gasteiger partial charge >= 0.3 is 0 Å². The van der Waals surface area contributed by atoms with E-state index in [2.05, 4.69) is 18.0 Å². The maximum atomic E-state index is 12.3. The second-order valence-corrected chi connectivity index (χ2v) is 5.76. The lowest BCUT2D eigenvalue weighted by atomic mass is 10.1. The molecule has 100 valence electrons. The van der Waals surface area contributed by atoms with Gasteiger partial charge in [-0.05, 0) is 26.3 Å². The molecular formula is C14H22N2O2. The van der Waals surface area contributed by atoms with Gasteiger partial charge in [0, 0.05) is 37.7 Å². The van der Waals surface area contributed by atoms with Crippen molar-refractivity contribution in [2.45, 2.75) is 25.4 Å². The normalized spacial score (nSPS) is 33.2. The minimum Gasteiger partial charge on any atom is -0.375 e. The van der Waals surface area contributed by atoms with Crippen molar-refractivity contribution in [1.82, 2.24) is 9.80 Å². The molecule has 18 heavy (non-hydrogen) atoms. The highest BCUT2D eigenvalue weighted by molar-refractivity contribution is 5.94. The number of hydrogen-bond donors (Lipinski definition) is 0. The molecule has 1 aliphatic carbocycles. The molecule has 3 aliphatic rings. The molecule has 0 N–H and O–H groups in total. The third kappa shape index (κ3) is 2.31. The van der Waals surface area contributed by atoms with Crippen molar-refractivity contribution < 1.29 is 9.53 Å². The van der Waals surface area contributed by atoms with Gasteiger partial charge in [0.1, 0.15) is 0 Å². The van der Waals surface area contributed by atoms with Gasteiger partial charge in [-0.25, -0.2) is 0 Å². The van der Waals surface area contributed by atoms with Crippen LogP contribution in [-0.2, 0) is 9.53 Å². The van der Waals surface area contributed by atoms with Crippen LogP contribution in [0.2, 0.25) is 0 Å². The fraction of sp³-hybridized carbons (Fsp3) is 0.786. The highest BCUT2D eigenvalue weighted by atomic mass is 16.5.